The van der Waals surface area contributed by atoms with Gasteiger partial charge in [-0.05, 0) is 44.5 Å². The van der Waals surface area contributed by atoms with Crippen LogP contribution in [0.1, 0.15) is 25.3 Å². The Bertz CT molecular complexity index is 485. The first kappa shape index (κ1) is 18.3. The van der Waals surface area contributed by atoms with Gasteiger partial charge < -0.3 is 15.4 Å². The van der Waals surface area contributed by atoms with E-state index >= 15 is 0 Å². The summed E-state index contributed by atoms with van der Waals surface area (Å²) < 4.78 is 6.25. The van der Waals surface area contributed by atoms with Crippen LogP contribution < -0.4 is 15.4 Å². The maximum absolute atomic E-state index is 12.2. The molecule has 0 radical (unpaired) electrons. The molecule has 1 aromatic carbocycles. The van der Waals surface area contributed by atoms with Crippen molar-refractivity contribution in [2.24, 2.45) is 0 Å². The Morgan fingerprint density at radius 3 is 2.95 bits per heavy atom. The summed E-state index contributed by atoms with van der Waals surface area (Å²) in [5, 5.41) is 6.50. The van der Waals surface area contributed by atoms with Gasteiger partial charge >= 0.3 is 0 Å². The molecule has 118 valence electrons. The Labute approximate surface area is 140 Å². The van der Waals surface area contributed by atoms with Gasteiger partial charge in [0.1, 0.15) is 5.75 Å². The number of ether oxygens (including phenoxy) is 1. The van der Waals surface area contributed by atoms with Crippen molar-refractivity contribution in [3.8, 4) is 5.75 Å². The molecule has 0 saturated carbocycles. The van der Waals surface area contributed by atoms with Gasteiger partial charge in [-0.15, -0.1) is 12.4 Å². The molecule has 0 aliphatic carbocycles. The lowest BCUT2D eigenvalue weighted by Gasteiger charge is -2.30. The molecule has 1 heterocycles. The van der Waals surface area contributed by atoms with Gasteiger partial charge in [0.15, 0.2) is 0 Å². The number of carbonyl (C=O) groups excluding carboxylic acids is 1. The van der Waals surface area contributed by atoms with E-state index < -0.39 is 0 Å². The second-order valence-electron chi connectivity index (χ2n) is 5.19. The average Bonchev–Trinajstić information content (AvgIpc) is 2.41. The average molecular weight is 378 g/mol. The van der Waals surface area contributed by atoms with Crippen molar-refractivity contribution in [2.45, 2.75) is 38.3 Å². The fraction of sp³-hybridized carbons (Fsp3) is 0.533. The van der Waals surface area contributed by atoms with E-state index in [0.717, 1.165) is 35.2 Å². The van der Waals surface area contributed by atoms with E-state index in [1.165, 1.54) is 0 Å². The summed E-state index contributed by atoms with van der Waals surface area (Å²) in [5.41, 5.74) is 0.899. The van der Waals surface area contributed by atoms with Gasteiger partial charge in [-0.3, -0.25) is 4.79 Å². The lowest BCUT2D eigenvalue weighted by atomic mass is 9.99. The molecule has 1 fully saturated rings. The highest BCUT2D eigenvalue weighted by molar-refractivity contribution is 9.10. The third-order valence-corrected chi connectivity index (χ3v) is 4.19. The molecular weight excluding hydrogens is 356 g/mol. The van der Waals surface area contributed by atoms with Gasteiger partial charge in [0.2, 0.25) is 5.91 Å². The topological polar surface area (TPSA) is 50.4 Å². The minimum Gasteiger partial charge on any atom is -0.496 e. The highest BCUT2D eigenvalue weighted by Crippen LogP contribution is 2.23. The molecule has 4 nitrogen and oxygen atoms in total. The second kappa shape index (κ2) is 8.61. The van der Waals surface area contributed by atoms with Crippen molar-refractivity contribution >= 4 is 34.2 Å². The first-order chi connectivity index (χ1) is 9.60. The highest BCUT2D eigenvalue weighted by Gasteiger charge is 2.22. The number of hydrogen-bond donors (Lipinski definition) is 2. The molecule has 0 spiro atoms. The molecule has 6 heteroatoms. The summed E-state index contributed by atoms with van der Waals surface area (Å²) >= 11 is 3.43. The Kier molecular flexibility index (Phi) is 7.49. The SMILES string of the molecule is COc1ccc(Br)cc1CC(=O)NC1CCCNC1C.Cl. The van der Waals surface area contributed by atoms with Crippen LogP contribution in [-0.2, 0) is 11.2 Å². The van der Waals surface area contributed by atoms with Crippen molar-refractivity contribution in [1.82, 2.24) is 10.6 Å². The van der Waals surface area contributed by atoms with E-state index in [1.54, 1.807) is 7.11 Å². The van der Waals surface area contributed by atoms with Gasteiger partial charge in [-0.2, -0.15) is 0 Å². The van der Waals surface area contributed by atoms with Crippen LogP contribution in [0.2, 0.25) is 0 Å². The Morgan fingerprint density at radius 1 is 1.52 bits per heavy atom. The number of methoxy groups -OCH3 is 1. The number of hydrogen-bond acceptors (Lipinski definition) is 3. The van der Waals surface area contributed by atoms with Gasteiger partial charge in [-0.1, -0.05) is 15.9 Å². The first-order valence-corrected chi connectivity index (χ1v) is 7.74. The Hall–Kier alpha value is -0.780. The van der Waals surface area contributed by atoms with E-state index in [2.05, 4.69) is 33.5 Å². The van der Waals surface area contributed by atoms with Crippen LogP contribution in [0.25, 0.3) is 0 Å². The van der Waals surface area contributed by atoms with E-state index in [-0.39, 0.29) is 24.4 Å². The van der Waals surface area contributed by atoms with Crippen molar-refractivity contribution in [3.05, 3.63) is 28.2 Å². The summed E-state index contributed by atoms with van der Waals surface area (Å²) in [6.45, 7) is 3.15. The molecule has 1 saturated heterocycles. The van der Waals surface area contributed by atoms with Crippen LogP contribution in [0, 0.1) is 0 Å². The summed E-state index contributed by atoms with van der Waals surface area (Å²) in [5.74, 6) is 0.792. The molecule has 1 aromatic rings. The number of nitrogens with one attached hydrogen (secondary N) is 2. The predicted molar refractivity (Wildman–Crippen MR) is 90.3 cm³/mol. The van der Waals surface area contributed by atoms with Gasteiger partial charge in [0.25, 0.3) is 0 Å². The maximum atomic E-state index is 12.2. The number of piperidine rings is 1. The van der Waals surface area contributed by atoms with E-state index in [1.807, 2.05) is 18.2 Å². The zero-order valence-corrected chi connectivity index (χ0v) is 14.7. The molecule has 2 atom stereocenters. The normalized spacial score (nSPS) is 21.3. The largest absolute Gasteiger partial charge is 0.496 e. The molecule has 2 N–H and O–H groups in total. The van der Waals surface area contributed by atoms with Crippen molar-refractivity contribution in [1.29, 1.82) is 0 Å². The number of rotatable bonds is 4. The van der Waals surface area contributed by atoms with Crippen LogP contribution in [-0.4, -0.2) is 31.6 Å². The van der Waals surface area contributed by atoms with Crippen molar-refractivity contribution in [2.75, 3.05) is 13.7 Å². The molecule has 1 amide bonds. The van der Waals surface area contributed by atoms with Crippen LogP contribution in [0.15, 0.2) is 22.7 Å². The standard InChI is InChI=1S/C15H21BrN2O2.ClH/c1-10-13(4-3-7-17-10)18-15(19)9-11-8-12(16)5-6-14(11)20-2;/h5-6,8,10,13,17H,3-4,7,9H2,1-2H3,(H,18,19);1H. The molecule has 2 unspecified atom stereocenters. The van der Waals surface area contributed by atoms with E-state index in [9.17, 15) is 4.79 Å². The zero-order valence-electron chi connectivity index (χ0n) is 12.3. The fourth-order valence-electron chi connectivity index (χ4n) is 2.56. The number of carbonyl (C=O) groups is 1. The minimum absolute atomic E-state index is 0. The van der Waals surface area contributed by atoms with Gasteiger partial charge in [0.05, 0.1) is 13.5 Å². The summed E-state index contributed by atoms with van der Waals surface area (Å²) in [7, 11) is 1.62. The second-order valence-corrected chi connectivity index (χ2v) is 6.11. The molecule has 0 bridgehead atoms. The smallest absolute Gasteiger partial charge is 0.224 e. The van der Waals surface area contributed by atoms with Gasteiger partial charge in [-0.25, -0.2) is 0 Å². The van der Waals surface area contributed by atoms with Gasteiger partial charge in [0, 0.05) is 22.1 Å². The van der Waals surface area contributed by atoms with E-state index in [0.29, 0.717) is 12.5 Å². The molecule has 0 aromatic heterocycles. The number of amides is 1. The maximum Gasteiger partial charge on any atom is 0.224 e. The summed E-state index contributed by atoms with van der Waals surface area (Å²) in [6, 6.07) is 6.26. The van der Waals surface area contributed by atoms with E-state index in [4.69, 9.17) is 4.74 Å². The third kappa shape index (κ3) is 5.16. The highest BCUT2D eigenvalue weighted by atomic mass is 79.9. The fourth-order valence-corrected chi connectivity index (χ4v) is 2.97. The quantitative estimate of drug-likeness (QED) is 0.848. The molecule has 1 aliphatic heterocycles. The van der Waals surface area contributed by atoms with Crippen LogP contribution in [0.3, 0.4) is 0 Å². The van der Waals surface area contributed by atoms with Crippen LogP contribution in [0.5, 0.6) is 5.75 Å². The molecule has 21 heavy (non-hydrogen) atoms. The Morgan fingerprint density at radius 2 is 2.29 bits per heavy atom. The lowest BCUT2D eigenvalue weighted by molar-refractivity contribution is -0.121. The third-order valence-electron chi connectivity index (χ3n) is 3.70. The number of halogens is 2. The van der Waals surface area contributed by atoms with Crippen molar-refractivity contribution in [3.63, 3.8) is 0 Å². The molecule has 1 aliphatic rings. The van der Waals surface area contributed by atoms with Crippen LogP contribution in [0.4, 0.5) is 0 Å². The first-order valence-electron chi connectivity index (χ1n) is 6.95. The summed E-state index contributed by atoms with van der Waals surface area (Å²) in [4.78, 5) is 12.2. The Balaban J connectivity index is 0.00000220. The number of benzene rings is 1. The summed E-state index contributed by atoms with van der Waals surface area (Å²) in [6.07, 6.45) is 2.48. The van der Waals surface area contributed by atoms with Crippen molar-refractivity contribution < 1.29 is 9.53 Å². The minimum atomic E-state index is 0. The molecular formula is C15H22BrClN2O2. The monoisotopic (exact) mass is 376 g/mol. The zero-order chi connectivity index (χ0) is 14.5. The van der Waals surface area contributed by atoms with Crippen LogP contribution >= 0.6 is 28.3 Å². The molecule has 2 rings (SSSR count). The predicted octanol–water partition coefficient (Wildman–Crippen LogP) is 2.68. The lowest BCUT2D eigenvalue weighted by Crippen LogP contribution is -2.52.